The van der Waals surface area contributed by atoms with Gasteiger partial charge in [-0.15, -0.1) is 12.4 Å². The van der Waals surface area contributed by atoms with Gasteiger partial charge in [-0.1, -0.05) is 0 Å². The van der Waals surface area contributed by atoms with Crippen LogP contribution < -0.4 is 15.9 Å². The summed E-state index contributed by atoms with van der Waals surface area (Å²) < 4.78 is 0. The van der Waals surface area contributed by atoms with Gasteiger partial charge in [0.05, 0.1) is 0 Å². The van der Waals surface area contributed by atoms with Crippen molar-refractivity contribution in [1.82, 2.24) is 4.98 Å². The summed E-state index contributed by atoms with van der Waals surface area (Å²) in [7, 11) is 0. The second-order valence-corrected chi connectivity index (χ2v) is 13.6. The fourth-order valence-electron chi connectivity index (χ4n) is 3.93. The summed E-state index contributed by atoms with van der Waals surface area (Å²) in [6.07, 6.45) is 0.673. The van der Waals surface area contributed by atoms with Crippen molar-refractivity contribution in [2.24, 2.45) is 0 Å². The number of pyridine rings is 1. The Morgan fingerprint density at radius 2 is 1.03 bits per heavy atom. The maximum atomic E-state index is 8.05. The minimum atomic E-state index is -3.29. The first kappa shape index (κ1) is 21.5. The van der Waals surface area contributed by atoms with Gasteiger partial charge >= 0.3 is 172 Å². The molecule has 4 aromatic rings. The molecule has 0 N–H and O–H groups in total. The van der Waals surface area contributed by atoms with Crippen molar-refractivity contribution < 1.29 is 0 Å². The first-order valence-corrected chi connectivity index (χ1v) is 12.8. The summed E-state index contributed by atoms with van der Waals surface area (Å²) >= 11 is 8.05. The fraction of sp³-hybridized carbons (Fsp3) is 0.0800. The first-order chi connectivity index (χ1) is 13.6. The van der Waals surface area contributed by atoms with Crippen LogP contribution in [0.5, 0.6) is 0 Å². The zero-order valence-electron chi connectivity index (χ0n) is 16.3. The van der Waals surface area contributed by atoms with E-state index in [4.69, 9.17) is 16.2 Å². The van der Waals surface area contributed by atoms with Crippen LogP contribution in [-0.4, -0.2) is 4.98 Å². The van der Waals surface area contributed by atoms with E-state index in [1.807, 2.05) is 31.2 Å². The van der Waals surface area contributed by atoms with E-state index in [0.29, 0.717) is 6.16 Å². The number of hydrogen-bond acceptors (Lipinski definition) is 1. The van der Waals surface area contributed by atoms with Gasteiger partial charge in [0.1, 0.15) is 0 Å². The summed E-state index contributed by atoms with van der Waals surface area (Å²) in [6, 6.07) is 37.8. The Morgan fingerprint density at radius 1 is 0.621 bits per heavy atom. The molecule has 1 aromatic heterocycles. The van der Waals surface area contributed by atoms with Gasteiger partial charge in [0.2, 0.25) is 0 Å². The Bertz CT molecular complexity index is 970. The average Bonchev–Trinajstić information content (AvgIpc) is 2.76. The Hall–Kier alpha value is -2.18. The molecule has 0 fully saturated rings. The molecule has 1 heterocycles. The van der Waals surface area contributed by atoms with E-state index in [-0.39, 0.29) is 12.4 Å². The van der Waals surface area contributed by atoms with Crippen LogP contribution in [0.15, 0.2) is 109 Å². The molecule has 4 heteroatoms. The van der Waals surface area contributed by atoms with Crippen molar-refractivity contribution >= 4 is 45.5 Å². The van der Waals surface area contributed by atoms with Gasteiger partial charge in [0.25, 0.3) is 0 Å². The summed E-state index contributed by atoms with van der Waals surface area (Å²) in [4.78, 5) is 4.83. The van der Waals surface area contributed by atoms with Crippen molar-refractivity contribution in [2.45, 2.75) is 13.1 Å². The van der Waals surface area contributed by atoms with Gasteiger partial charge in [-0.25, -0.2) is 0 Å². The number of rotatable bonds is 5. The molecule has 0 unspecified atom stereocenters. The Balaban J connectivity index is 0.00000240. The third-order valence-corrected chi connectivity index (χ3v) is 12.4. The number of aromatic nitrogens is 1. The number of halogens is 2. The second kappa shape index (κ2) is 8.67. The van der Waals surface area contributed by atoms with Crippen LogP contribution in [0.1, 0.15) is 11.4 Å². The number of aryl methyl sites for hydroxylation is 1. The van der Waals surface area contributed by atoms with E-state index in [2.05, 4.69) is 84.9 Å². The summed E-state index contributed by atoms with van der Waals surface area (Å²) in [5, 5.41) is 3.49. The van der Waals surface area contributed by atoms with Gasteiger partial charge in [0.15, 0.2) is 0 Å². The van der Waals surface area contributed by atoms with Crippen molar-refractivity contribution in [3.8, 4) is 0 Å². The number of hydrogen-bond donors (Lipinski definition) is 0. The van der Waals surface area contributed by atoms with Crippen LogP contribution in [0.25, 0.3) is 0 Å². The molecular weight excluding hydrogens is 416 g/mol. The monoisotopic (exact) mass is 439 g/mol. The molecule has 1 nitrogen and oxygen atoms in total. The van der Waals surface area contributed by atoms with Crippen molar-refractivity contribution in [2.75, 3.05) is 0 Å². The van der Waals surface area contributed by atoms with Crippen LogP contribution in [0, 0.1) is 6.92 Å². The summed E-state index contributed by atoms with van der Waals surface area (Å²) in [6.45, 7) is 2.03. The predicted molar refractivity (Wildman–Crippen MR) is 131 cm³/mol. The standard InChI is InChI=1S/C25H23ClNP.ClH/c1-21-12-11-13-22(27-21)20-28(26,23-14-5-2-6-15-23,24-16-7-3-8-17-24)25-18-9-4-10-19-25;/h2-19H,20H2,1H3;1H. The van der Waals surface area contributed by atoms with Crippen LogP contribution >= 0.6 is 29.6 Å². The molecule has 0 aliphatic carbocycles. The molecule has 0 amide bonds. The van der Waals surface area contributed by atoms with E-state index in [9.17, 15) is 0 Å². The van der Waals surface area contributed by atoms with Crippen molar-refractivity contribution in [3.63, 3.8) is 0 Å². The van der Waals surface area contributed by atoms with Crippen LogP contribution in [-0.2, 0) is 6.16 Å². The zero-order chi connectivity index (χ0) is 19.5. The molecule has 148 valence electrons. The molecule has 3 aromatic carbocycles. The quantitative estimate of drug-likeness (QED) is 0.347. The minimum absolute atomic E-state index is 0. The summed E-state index contributed by atoms with van der Waals surface area (Å²) in [5.41, 5.74) is 2.03. The van der Waals surface area contributed by atoms with Gasteiger partial charge < -0.3 is 0 Å². The molecule has 0 saturated carbocycles. The average molecular weight is 440 g/mol. The third kappa shape index (κ3) is 3.83. The Labute approximate surface area is 183 Å². The van der Waals surface area contributed by atoms with Crippen LogP contribution in [0.4, 0.5) is 0 Å². The smallest absolute Gasteiger partial charge is 0.147 e. The number of nitrogens with zero attached hydrogens (tertiary/aromatic N) is 1. The minimum Gasteiger partial charge on any atom is -0.147 e. The molecule has 4 rings (SSSR count). The van der Waals surface area contributed by atoms with Crippen molar-refractivity contribution in [3.05, 3.63) is 121 Å². The molecule has 0 aliphatic heterocycles. The van der Waals surface area contributed by atoms with Gasteiger partial charge in [-0.3, -0.25) is 0 Å². The molecule has 0 atom stereocenters. The molecule has 29 heavy (non-hydrogen) atoms. The van der Waals surface area contributed by atoms with E-state index < -0.39 is 5.96 Å². The number of benzene rings is 3. The first-order valence-electron chi connectivity index (χ1n) is 9.43. The molecule has 0 spiro atoms. The van der Waals surface area contributed by atoms with E-state index in [1.165, 1.54) is 0 Å². The largest absolute Gasteiger partial charge is 0.147 e. The molecular formula is C25H24Cl2NP. The van der Waals surface area contributed by atoms with Gasteiger partial charge in [-0.2, -0.15) is 0 Å². The molecule has 0 aliphatic rings. The Morgan fingerprint density at radius 3 is 1.41 bits per heavy atom. The maximum absolute atomic E-state index is 8.05. The maximum Gasteiger partial charge on any atom is -0.147 e. The van der Waals surface area contributed by atoms with E-state index in [0.717, 1.165) is 27.3 Å². The van der Waals surface area contributed by atoms with Crippen LogP contribution in [0.2, 0.25) is 0 Å². The third-order valence-electron chi connectivity index (χ3n) is 5.29. The topological polar surface area (TPSA) is 12.9 Å². The fourth-order valence-corrected chi connectivity index (χ4v) is 9.92. The van der Waals surface area contributed by atoms with Crippen molar-refractivity contribution in [1.29, 1.82) is 0 Å². The zero-order valence-corrected chi connectivity index (χ0v) is 18.7. The molecule has 0 bridgehead atoms. The normalized spacial score (nSPS) is 12.4. The Kier molecular flexibility index (Phi) is 6.44. The van der Waals surface area contributed by atoms with E-state index in [1.54, 1.807) is 0 Å². The predicted octanol–water partition coefficient (Wildman–Crippen LogP) is 6.00. The summed E-state index contributed by atoms with van der Waals surface area (Å²) in [5.74, 6) is -3.29. The van der Waals surface area contributed by atoms with Gasteiger partial charge in [0, 0.05) is 0 Å². The second-order valence-electron chi connectivity index (χ2n) is 7.12. The van der Waals surface area contributed by atoms with Crippen LogP contribution in [0.3, 0.4) is 0 Å². The van der Waals surface area contributed by atoms with Gasteiger partial charge in [-0.05, 0) is 0 Å². The molecule has 0 radical (unpaired) electrons. The van der Waals surface area contributed by atoms with E-state index >= 15 is 0 Å². The SMILES string of the molecule is Cc1cccc(CP(Cl)(c2ccccc2)(c2ccccc2)c2ccccc2)n1.Cl. The molecule has 0 saturated heterocycles.